The molecule has 0 aliphatic carbocycles. The van der Waals surface area contributed by atoms with Gasteiger partial charge in [0.15, 0.2) is 0 Å². The predicted molar refractivity (Wildman–Crippen MR) is 83.2 cm³/mol. The van der Waals surface area contributed by atoms with Gasteiger partial charge >= 0.3 is 0 Å². The van der Waals surface area contributed by atoms with E-state index >= 15 is 0 Å². The Balaban J connectivity index is 2.12. The van der Waals surface area contributed by atoms with Gasteiger partial charge < -0.3 is 0 Å². The van der Waals surface area contributed by atoms with E-state index in [2.05, 4.69) is 22.4 Å². The summed E-state index contributed by atoms with van der Waals surface area (Å²) >= 11 is 4.53. The Morgan fingerprint density at radius 1 is 1.00 bits per heavy atom. The molecule has 0 spiro atoms. The molecule has 2 rings (SSSR count). The summed E-state index contributed by atoms with van der Waals surface area (Å²) in [5.74, 6) is 0. The number of rotatable bonds is 4. The summed E-state index contributed by atoms with van der Waals surface area (Å²) in [4.78, 5) is 14.0. The van der Waals surface area contributed by atoms with E-state index in [4.69, 9.17) is 0 Å². The summed E-state index contributed by atoms with van der Waals surface area (Å²) in [6, 6.07) is 13.9. The number of non-ortho nitro benzene ring substituents is 1. The van der Waals surface area contributed by atoms with Gasteiger partial charge in [0.2, 0.25) is 0 Å². The third kappa shape index (κ3) is 3.68. The molecule has 0 N–H and O–H groups in total. The minimum Gasteiger partial charge on any atom is -0.258 e. The van der Waals surface area contributed by atoms with Crippen molar-refractivity contribution in [1.29, 1.82) is 0 Å². The zero-order valence-corrected chi connectivity index (χ0v) is 11.2. The highest BCUT2D eigenvalue weighted by Gasteiger charge is 2.01. The third-order valence-electron chi connectivity index (χ3n) is 2.64. The van der Waals surface area contributed by atoms with Crippen LogP contribution in [-0.4, -0.2) is 10.1 Å². The summed E-state index contributed by atoms with van der Waals surface area (Å²) in [5, 5.41) is 12.9. The number of hydrogen-bond acceptors (Lipinski definition) is 4. The van der Waals surface area contributed by atoms with Crippen molar-refractivity contribution < 1.29 is 4.92 Å². The van der Waals surface area contributed by atoms with E-state index < -0.39 is 4.92 Å². The van der Waals surface area contributed by atoms with Crippen LogP contribution in [0.4, 0.5) is 11.4 Å². The number of nitro benzene ring substituents is 1. The molecule has 0 saturated carbocycles. The average molecular weight is 282 g/mol. The zero-order valence-electron chi connectivity index (χ0n) is 10.4. The van der Waals surface area contributed by atoms with Crippen molar-refractivity contribution in [2.75, 3.05) is 0 Å². The second kappa shape index (κ2) is 6.52. The topological polar surface area (TPSA) is 55.5 Å². The molecule has 0 aliphatic heterocycles. The molecule has 98 valence electrons. The van der Waals surface area contributed by atoms with Crippen LogP contribution in [0.5, 0.6) is 0 Å². The lowest BCUT2D eigenvalue weighted by Crippen LogP contribution is -1.86. The minimum absolute atomic E-state index is 0.0875. The van der Waals surface area contributed by atoms with Crippen molar-refractivity contribution in [1.82, 2.24) is 0 Å². The zero-order chi connectivity index (χ0) is 14.4. The molecule has 4 nitrogen and oxygen atoms in total. The average Bonchev–Trinajstić information content (AvgIpc) is 2.47. The second-order valence-electron chi connectivity index (χ2n) is 3.98. The van der Waals surface area contributed by atoms with Crippen molar-refractivity contribution in [3.05, 3.63) is 69.8 Å². The van der Waals surface area contributed by atoms with Gasteiger partial charge in [0.05, 0.1) is 15.8 Å². The maximum atomic E-state index is 10.5. The number of nitrogens with zero attached hydrogens (tertiary/aromatic N) is 2. The van der Waals surface area contributed by atoms with E-state index in [1.807, 2.05) is 36.4 Å². The Hall–Kier alpha value is -2.62. The van der Waals surface area contributed by atoms with E-state index in [0.29, 0.717) is 0 Å². The van der Waals surface area contributed by atoms with Crippen molar-refractivity contribution in [2.45, 2.75) is 0 Å². The standard InChI is InChI=1S/C15H10N2O2S/c18-17(19)15-9-5-13(6-10-15)2-1-12-3-7-14(8-4-12)16-11-20/h1-10H/b2-1+. The van der Waals surface area contributed by atoms with Crippen LogP contribution < -0.4 is 0 Å². The maximum absolute atomic E-state index is 10.5. The molecule has 0 aliphatic rings. The highest BCUT2D eigenvalue weighted by Crippen LogP contribution is 2.16. The van der Waals surface area contributed by atoms with E-state index in [0.717, 1.165) is 16.8 Å². The molecule has 2 aromatic carbocycles. The Morgan fingerprint density at radius 2 is 1.50 bits per heavy atom. The van der Waals surface area contributed by atoms with Gasteiger partial charge in [0.1, 0.15) is 0 Å². The van der Waals surface area contributed by atoms with Crippen molar-refractivity contribution in [3.8, 4) is 0 Å². The lowest BCUT2D eigenvalue weighted by Gasteiger charge is -1.96. The number of nitro groups is 1. The summed E-state index contributed by atoms with van der Waals surface area (Å²) in [7, 11) is 0. The number of aliphatic imine (C=N–C) groups is 1. The van der Waals surface area contributed by atoms with Crippen LogP contribution >= 0.6 is 12.2 Å². The largest absolute Gasteiger partial charge is 0.269 e. The summed E-state index contributed by atoms with van der Waals surface area (Å²) in [5.41, 5.74) is 2.75. The van der Waals surface area contributed by atoms with Crippen LogP contribution in [0.15, 0.2) is 53.5 Å². The van der Waals surface area contributed by atoms with Crippen LogP contribution in [0.1, 0.15) is 11.1 Å². The number of benzene rings is 2. The smallest absolute Gasteiger partial charge is 0.258 e. The Bertz CT molecular complexity index is 637. The SMILES string of the molecule is O=[N+]([O-])c1ccc(/C=C/c2ccc(N=C=S)cc2)cc1. The fourth-order valence-corrected chi connectivity index (χ4v) is 1.72. The molecular formula is C15H10N2O2S. The van der Waals surface area contributed by atoms with Crippen LogP contribution in [0.2, 0.25) is 0 Å². The van der Waals surface area contributed by atoms with Gasteiger partial charge in [-0.15, -0.1) is 0 Å². The molecule has 0 fully saturated rings. The second-order valence-corrected chi connectivity index (χ2v) is 4.16. The molecule has 0 radical (unpaired) electrons. The van der Waals surface area contributed by atoms with Gasteiger partial charge in [0, 0.05) is 12.1 Å². The van der Waals surface area contributed by atoms with Gasteiger partial charge in [-0.3, -0.25) is 10.1 Å². The van der Waals surface area contributed by atoms with Crippen molar-refractivity contribution >= 4 is 40.9 Å². The van der Waals surface area contributed by atoms with Gasteiger partial charge in [-0.1, -0.05) is 24.3 Å². The molecule has 5 heteroatoms. The first-order valence-electron chi connectivity index (χ1n) is 5.79. The van der Waals surface area contributed by atoms with Gasteiger partial charge in [-0.25, -0.2) is 0 Å². The van der Waals surface area contributed by atoms with Gasteiger partial charge in [-0.2, -0.15) is 4.99 Å². The summed E-state index contributed by atoms with van der Waals surface area (Å²) in [6.45, 7) is 0. The number of thiocarbonyl (C=S) groups is 1. The molecule has 0 bridgehead atoms. The monoisotopic (exact) mass is 282 g/mol. The predicted octanol–water partition coefficient (Wildman–Crippen LogP) is 4.50. The first-order chi connectivity index (χ1) is 9.69. The maximum Gasteiger partial charge on any atom is 0.269 e. The normalized spacial score (nSPS) is 10.2. The Kier molecular flexibility index (Phi) is 4.50. The molecule has 0 unspecified atom stereocenters. The van der Waals surface area contributed by atoms with Crippen LogP contribution in [0.3, 0.4) is 0 Å². The van der Waals surface area contributed by atoms with Gasteiger partial charge in [-0.05, 0) is 47.6 Å². The molecule has 2 aromatic rings. The highest BCUT2D eigenvalue weighted by molar-refractivity contribution is 7.78. The lowest BCUT2D eigenvalue weighted by molar-refractivity contribution is -0.384. The molecule has 0 saturated heterocycles. The van der Waals surface area contributed by atoms with E-state index in [1.54, 1.807) is 12.1 Å². The van der Waals surface area contributed by atoms with E-state index in [-0.39, 0.29) is 5.69 Å². The Morgan fingerprint density at radius 3 is 1.95 bits per heavy atom. The molecule has 0 atom stereocenters. The molecule has 20 heavy (non-hydrogen) atoms. The summed E-state index contributed by atoms with van der Waals surface area (Å²) < 4.78 is 0. The van der Waals surface area contributed by atoms with Crippen LogP contribution in [-0.2, 0) is 0 Å². The van der Waals surface area contributed by atoms with Crippen molar-refractivity contribution in [3.63, 3.8) is 0 Å². The molecule has 0 aromatic heterocycles. The number of isothiocyanates is 1. The number of hydrogen-bond donors (Lipinski definition) is 0. The first kappa shape index (κ1) is 13.8. The Labute approximate surface area is 121 Å². The minimum atomic E-state index is -0.414. The first-order valence-corrected chi connectivity index (χ1v) is 6.20. The van der Waals surface area contributed by atoms with E-state index in [1.165, 1.54) is 12.1 Å². The highest BCUT2D eigenvalue weighted by atomic mass is 32.1. The quantitative estimate of drug-likeness (QED) is 0.273. The molecule has 0 heterocycles. The van der Waals surface area contributed by atoms with E-state index in [9.17, 15) is 10.1 Å². The fraction of sp³-hybridized carbons (Fsp3) is 0. The lowest BCUT2D eigenvalue weighted by atomic mass is 10.1. The molecule has 0 amide bonds. The van der Waals surface area contributed by atoms with Crippen molar-refractivity contribution in [2.24, 2.45) is 4.99 Å². The molecular weight excluding hydrogens is 272 g/mol. The summed E-state index contributed by atoms with van der Waals surface area (Å²) in [6.07, 6.45) is 3.81. The van der Waals surface area contributed by atoms with Crippen LogP contribution in [0, 0.1) is 10.1 Å². The van der Waals surface area contributed by atoms with Gasteiger partial charge in [0.25, 0.3) is 5.69 Å². The van der Waals surface area contributed by atoms with Crippen LogP contribution in [0.25, 0.3) is 12.2 Å². The third-order valence-corrected chi connectivity index (χ3v) is 2.73. The fourth-order valence-electron chi connectivity index (χ4n) is 1.61.